The summed E-state index contributed by atoms with van der Waals surface area (Å²) in [6, 6.07) is 0.379. The molecule has 0 amide bonds. The molecule has 0 spiro atoms. The van der Waals surface area contributed by atoms with Crippen LogP contribution in [0.5, 0.6) is 0 Å². The van der Waals surface area contributed by atoms with Gasteiger partial charge in [-0.1, -0.05) is 11.6 Å². The molecule has 0 aromatic rings. The summed E-state index contributed by atoms with van der Waals surface area (Å²) in [7, 11) is 0. The molecule has 0 aliphatic carbocycles. The number of carbonyl (C=O) groups is 1. The zero-order chi connectivity index (χ0) is 8.97. The number of rotatable bonds is 3. The second-order valence-electron chi connectivity index (χ2n) is 3.19. The highest BCUT2D eigenvalue weighted by atomic mass is 35.5. The van der Waals surface area contributed by atoms with Gasteiger partial charge in [0.05, 0.1) is 0 Å². The van der Waals surface area contributed by atoms with Crippen LogP contribution in [0.25, 0.3) is 0 Å². The van der Waals surface area contributed by atoms with Crippen LogP contribution in [-0.4, -0.2) is 18.4 Å². The van der Waals surface area contributed by atoms with Crippen LogP contribution in [-0.2, 0) is 4.79 Å². The molecule has 0 aromatic heterocycles. The Morgan fingerprint density at radius 1 is 1.75 bits per heavy atom. The fourth-order valence-electron chi connectivity index (χ4n) is 1.45. The van der Waals surface area contributed by atoms with E-state index in [-0.39, 0.29) is 5.78 Å². The minimum Gasteiger partial charge on any atom is -0.314 e. The molecular weight excluding hydrogens is 174 g/mol. The second-order valence-corrected chi connectivity index (χ2v) is 3.79. The molecule has 0 bridgehead atoms. The molecule has 68 valence electrons. The summed E-state index contributed by atoms with van der Waals surface area (Å²) in [6.45, 7) is 2.77. The van der Waals surface area contributed by atoms with Crippen LogP contribution in [0.2, 0.25) is 0 Å². The lowest BCUT2D eigenvalue weighted by atomic mass is 10.1. The smallest absolute Gasteiger partial charge is 0.158 e. The Bertz CT molecular complexity index is 191. The highest BCUT2D eigenvalue weighted by Gasteiger charge is 2.16. The van der Waals surface area contributed by atoms with Gasteiger partial charge < -0.3 is 5.32 Å². The molecule has 1 atom stereocenters. The van der Waals surface area contributed by atoms with Crippen LogP contribution in [0, 0.1) is 0 Å². The molecule has 1 aliphatic rings. The molecule has 1 saturated heterocycles. The van der Waals surface area contributed by atoms with Gasteiger partial charge in [-0.15, -0.1) is 0 Å². The third-order valence-electron chi connectivity index (χ3n) is 1.97. The van der Waals surface area contributed by atoms with Gasteiger partial charge in [0, 0.05) is 17.5 Å². The topological polar surface area (TPSA) is 29.1 Å². The van der Waals surface area contributed by atoms with E-state index in [1.54, 1.807) is 6.92 Å². The van der Waals surface area contributed by atoms with Gasteiger partial charge in [-0.05, 0) is 32.4 Å². The van der Waals surface area contributed by atoms with Gasteiger partial charge in [0.2, 0.25) is 0 Å². The Hall–Kier alpha value is -0.340. The van der Waals surface area contributed by atoms with Gasteiger partial charge >= 0.3 is 0 Å². The predicted octanol–water partition coefficient (Wildman–Crippen LogP) is 1.84. The Morgan fingerprint density at radius 3 is 3.00 bits per heavy atom. The van der Waals surface area contributed by atoms with Crippen molar-refractivity contribution in [2.75, 3.05) is 6.54 Å². The largest absolute Gasteiger partial charge is 0.314 e. The molecule has 0 radical (unpaired) electrons. The third-order valence-corrected chi connectivity index (χ3v) is 2.08. The molecule has 1 rings (SSSR count). The van der Waals surface area contributed by atoms with E-state index in [1.807, 2.05) is 0 Å². The lowest BCUT2D eigenvalue weighted by Crippen LogP contribution is -2.23. The summed E-state index contributed by atoms with van der Waals surface area (Å²) in [5.74, 6) is 0.127. The Labute approximate surface area is 78.0 Å². The van der Waals surface area contributed by atoms with Crippen LogP contribution in [0.1, 0.15) is 26.2 Å². The van der Waals surface area contributed by atoms with Crippen LogP contribution in [0.15, 0.2) is 11.1 Å². The van der Waals surface area contributed by atoms with Crippen LogP contribution >= 0.6 is 11.6 Å². The van der Waals surface area contributed by atoms with E-state index in [1.165, 1.54) is 12.5 Å². The van der Waals surface area contributed by atoms with E-state index in [2.05, 4.69) is 5.32 Å². The first kappa shape index (κ1) is 9.75. The van der Waals surface area contributed by atoms with Crippen molar-refractivity contribution in [3.63, 3.8) is 0 Å². The number of ketones is 1. The number of nitrogens with one attached hydrogen (secondary N) is 1. The van der Waals surface area contributed by atoms with Gasteiger partial charge in [0.1, 0.15) is 0 Å². The van der Waals surface area contributed by atoms with Crippen molar-refractivity contribution in [2.45, 2.75) is 32.2 Å². The van der Waals surface area contributed by atoms with E-state index in [0.717, 1.165) is 13.0 Å². The molecule has 1 aliphatic heterocycles. The predicted molar refractivity (Wildman–Crippen MR) is 50.3 cm³/mol. The van der Waals surface area contributed by atoms with Gasteiger partial charge in [-0.25, -0.2) is 0 Å². The fraction of sp³-hybridized carbons (Fsp3) is 0.667. The van der Waals surface area contributed by atoms with Crippen molar-refractivity contribution in [3.05, 3.63) is 11.1 Å². The van der Waals surface area contributed by atoms with Gasteiger partial charge in [0.25, 0.3) is 0 Å². The van der Waals surface area contributed by atoms with E-state index >= 15 is 0 Å². The van der Waals surface area contributed by atoms with Gasteiger partial charge in [-0.2, -0.15) is 0 Å². The highest BCUT2D eigenvalue weighted by molar-refractivity contribution is 6.30. The van der Waals surface area contributed by atoms with Crippen molar-refractivity contribution in [2.24, 2.45) is 0 Å². The molecule has 0 aromatic carbocycles. The zero-order valence-corrected chi connectivity index (χ0v) is 8.03. The number of halogens is 1. The van der Waals surface area contributed by atoms with Crippen molar-refractivity contribution >= 4 is 17.4 Å². The monoisotopic (exact) mass is 187 g/mol. The van der Waals surface area contributed by atoms with E-state index < -0.39 is 0 Å². The first-order valence-corrected chi connectivity index (χ1v) is 4.66. The summed E-state index contributed by atoms with van der Waals surface area (Å²) in [5, 5.41) is 3.84. The SMILES string of the molecule is C/C(Cl)=C/C(=O)CC1CCCN1. The average molecular weight is 188 g/mol. The highest BCUT2D eigenvalue weighted by Crippen LogP contribution is 2.10. The molecule has 12 heavy (non-hydrogen) atoms. The second kappa shape index (κ2) is 4.63. The lowest BCUT2D eigenvalue weighted by Gasteiger charge is -2.05. The quantitative estimate of drug-likeness (QED) is 0.684. The van der Waals surface area contributed by atoms with E-state index in [4.69, 9.17) is 11.6 Å². The van der Waals surface area contributed by atoms with E-state index in [0.29, 0.717) is 17.5 Å². The van der Waals surface area contributed by atoms with Crippen LogP contribution in [0.4, 0.5) is 0 Å². The number of hydrogen-bond donors (Lipinski definition) is 1. The van der Waals surface area contributed by atoms with Crippen molar-refractivity contribution < 1.29 is 4.79 Å². The third kappa shape index (κ3) is 3.37. The maximum atomic E-state index is 11.2. The van der Waals surface area contributed by atoms with Crippen molar-refractivity contribution in [1.29, 1.82) is 0 Å². The molecule has 3 heteroatoms. The lowest BCUT2D eigenvalue weighted by molar-refractivity contribution is -0.115. The number of carbonyl (C=O) groups excluding carboxylic acids is 1. The average Bonchev–Trinajstić information content (AvgIpc) is 2.37. The molecule has 1 N–H and O–H groups in total. The maximum Gasteiger partial charge on any atom is 0.158 e. The Balaban J connectivity index is 2.30. The van der Waals surface area contributed by atoms with Gasteiger partial charge in [0.15, 0.2) is 5.78 Å². The minimum atomic E-state index is 0.127. The summed E-state index contributed by atoms with van der Waals surface area (Å²) in [5.41, 5.74) is 0. The maximum absolute atomic E-state index is 11.2. The van der Waals surface area contributed by atoms with E-state index in [9.17, 15) is 4.79 Å². The molecule has 2 nitrogen and oxygen atoms in total. The summed E-state index contributed by atoms with van der Waals surface area (Å²) >= 11 is 5.58. The minimum absolute atomic E-state index is 0.127. The molecule has 0 saturated carbocycles. The molecule has 1 unspecified atom stereocenters. The van der Waals surface area contributed by atoms with Crippen LogP contribution in [0.3, 0.4) is 0 Å². The molecule has 1 heterocycles. The van der Waals surface area contributed by atoms with Crippen LogP contribution < -0.4 is 5.32 Å². The molecule has 1 fully saturated rings. The number of allylic oxidation sites excluding steroid dienone is 2. The Morgan fingerprint density at radius 2 is 2.50 bits per heavy atom. The first-order valence-electron chi connectivity index (χ1n) is 4.28. The fourth-order valence-corrected chi connectivity index (χ4v) is 1.58. The van der Waals surface area contributed by atoms with Crippen molar-refractivity contribution in [3.8, 4) is 0 Å². The van der Waals surface area contributed by atoms with Crippen molar-refractivity contribution in [1.82, 2.24) is 5.32 Å². The normalized spacial score (nSPS) is 24.5. The standard InChI is InChI=1S/C9H14ClNO/c1-7(10)5-9(12)6-8-3-2-4-11-8/h5,8,11H,2-4,6H2,1H3/b7-5-. The van der Waals surface area contributed by atoms with Gasteiger partial charge in [-0.3, -0.25) is 4.79 Å². The summed E-state index contributed by atoms with van der Waals surface area (Å²) in [4.78, 5) is 11.2. The Kier molecular flexibility index (Phi) is 3.76. The summed E-state index contributed by atoms with van der Waals surface area (Å²) < 4.78 is 0. The zero-order valence-electron chi connectivity index (χ0n) is 7.27. The summed E-state index contributed by atoms with van der Waals surface area (Å²) in [6.07, 6.45) is 4.38. The first-order chi connectivity index (χ1) is 5.68. The molecular formula is C9H14ClNO. The number of hydrogen-bond acceptors (Lipinski definition) is 2.